The highest BCUT2D eigenvalue weighted by molar-refractivity contribution is 9.10. The SMILES string of the molecule is COc1ccc(C(O)CCN)c(F)c1Br. The van der Waals surface area contributed by atoms with Gasteiger partial charge in [0.1, 0.15) is 11.6 Å². The van der Waals surface area contributed by atoms with Gasteiger partial charge < -0.3 is 15.6 Å². The number of methoxy groups -OCH3 is 1. The van der Waals surface area contributed by atoms with Crippen LogP contribution in [0.15, 0.2) is 16.6 Å². The zero-order valence-corrected chi connectivity index (χ0v) is 9.92. The topological polar surface area (TPSA) is 55.5 Å². The van der Waals surface area contributed by atoms with Crippen molar-refractivity contribution in [3.63, 3.8) is 0 Å². The Kier molecular flexibility index (Phi) is 4.50. The van der Waals surface area contributed by atoms with Crippen molar-refractivity contribution in [1.82, 2.24) is 0 Å². The molecule has 5 heteroatoms. The van der Waals surface area contributed by atoms with Crippen molar-refractivity contribution in [3.05, 3.63) is 28.0 Å². The van der Waals surface area contributed by atoms with Crippen LogP contribution in [-0.2, 0) is 0 Å². The van der Waals surface area contributed by atoms with Crippen molar-refractivity contribution < 1.29 is 14.2 Å². The molecule has 0 fully saturated rings. The second-order valence-corrected chi connectivity index (χ2v) is 3.87. The summed E-state index contributed by atoms with van der Waals surface area (Å²) >= 11 is 3.07. The number of benzene rings is 1. The van der Waals surface area contributed by atoms with E-state index in [2.05, 4.69) is 15.9 Å². The fourth-order valence-electron chi connectivity index (χ4n) is 1.28. The van der Waals surface area contributed by atoms with Gasteiger partial charge in [0.2, 0.25) is 0 Å². The second-order valence-electron chi connectivity index (χ2n) is 3.08. The van der Waals surface area contributed by atoms with E-state index in [0.29, 0.717) is 18.7 Å². The molecule has 3 nitrogen and oxygen atoms in total. The van der Waals surface area contributed by atoms with E-state index in [1.807, 2.05) is 0 Å². The van der Waals surface area contributed by atoms with Gasteiger partial charge >= 0.3 is 0 Å². The predicted octanol–water partition coefficient (Wildman–Crippen LogP) is 1.98. The highest BCUT2D eigenvalue weighted by Crippen LogP contribution is 2.32. The molecule has 0 spiro atoms. The van der Waals surface area contributed by atoms with Crippen LogP contribution in [0.25, 0.3) is 0 Å². The number of halogens is 2. The van der Waals surface area contributed by atoms with E-state index in [0.717, 1.165) is 0 Å². The van der Waals surface area contributed by atoms with Crippen LogP contribution in [0.4, 0.5) is 4.39 Å². The van der Waals surface area contributed by atoms with Gasteiger partial charge in [-0.05, 0) is 41.0 Å². The van der Waals surface area contributed by atoms with Crippen molar-refractivity contribution in [2.75, 3.05) is 13.7 Å². The Bertz CT molecular complexity index is 346. The first-order chi connectivity index (χ1) is 7.11. The van der Waals surface area contributed by atoms with Crippen LogP contribution in [-0.4, -0.2) is 18.8 Å². The molecule has 0 bridgehead atoms. The number of aliphatic hydroxyl groups is 1. The van der Waals surface area contributed by atoms with Crippen molar-refractivity contribution >= 4 is 15.9 Å². The zero-order valence-electron chi connectivity index (χ0n) is 8.34. The van der Waals surface area contributed by atoms with Gasteiger partial charge in [-0.25, -0.2) is 4.39 Å². The Morgan fingerprint density at radius 2 is 2.27 bits per heavy atom. The fraction of sp³-hybridized carbons (Fsp3) is 0.400. The molecule has 84 valence electrons. The monoisotopic (exact) mass is 277 g/mol. The number of ether oxygens (including phenoxy) is 1. The van der Waals surface area contributed by atoms with Crippen molar-refractivity contribution in [2.24, 2.45) is 5.73 Å². The minimum absolute atomic E-state index is 0.221. The van der Waals surface area contributed by atoms with Crippen LogP contribution in [0, 0.1) is 5.82 Å². The lowest BCUT2D eigenvalue weighted by atomic mass is 10.1. The molecule has 0 radical (unpaired) electrons. The number of rotatable bonds is 4. The van der Waals surface area contributed by atoms with Crippen LogP contribution in [0.1, 0.15) is 18.1 Å². The fourth-order valence-corrected chi connectivity index (χ4v) is 1.80. The maximum atomic E-state index is 13.7. The smallest absolute Gasteiger partial charge is 0.146 e. The second kappa shape index (κ2) is 5.44. The molecule has 0 aliphatic heterocycles. The molecule has 0 heterocycles. The summed E-state index contributed by atoms with van der Waals surface area (Å²) in [5.41, 5.74) is 5.52. The lowest BCUT2D eigenvalue weighted by molar-refractivity contribution is 0.165. The number of nitrogens with two attached hydrogens (primary N) is 1. The average Bonchev–Trinajstić information content (AvgIpc) is 2.22. The van der Waals surface area contributed by atoms with Crippen molar-refractivity contribution in [2.45, 2.75) is 12.5 Å². The molecule has 1 atom stereocenters. The zero-order chi connectivity index (χ0) is 11.4. The summed E-state index contributed by atoms with van der Waals surface area (Å²) in [5.74, 6) is -0.105. The minimum Gasteiger partial charge on any atom is -0.495 e. The third kappa shape index (κ3) is 2.68. The van der Waals surface area contributed by atoms with Crippen LogP contribution >= 0.6 is 15.9 Å². The molecular formula is C10H13BrFNO2. The number of hydrogen-bond donors (Lipinski definition) is 2. The van der Waals surface area contributed by atoms with Gasteiger partial charge in [-0.3, -0.25) is 0 Å². The van der Waals surface area contributed by atoms with Gasteiger partial charge in [0, 0.05) is 5.56 Å². The van der Waals surface area contributed by atoms with Gasteiger partial charge in [-0.15, -0.1) is 0 Å². The summed E-state index contributed by atoms with van der Waals surface area (Å²) in [4.78, 5) is 0. The van der Waals surface area contributed by atoms with E-state index >= 15 is 0 Å². The summed E-state index contributed by atoms with van der Waals surface area (Å²) in [5, 5.41) is 9.61. The van der Waals surface area contributed by atoms with Gasteiger partial charge in [0.15, 0.2) is 0 Å². The quantitative estimate of drug-likeness (QED) is 0.885. The lowest BCUT2D eigenvalue weighted by Crippen LogP contribution is -2.08. The predicted molar refractivity (Wildman–Crippen MR) is 59.3 cm³/mol. The van der Waals surface area contributed by atoms with Gasteiger partial charge in [0.05, 0.1) is 17.7 Å². The molecule has 0 saturated carbocycles. The first kappa shape index (κ1) is 12.4. The van der Waals surface area contributed by atoms with E-state index in [1.165, 1.54) is 13.2 Å². The molecule has 15 heavy (non-hydrogen) atoms. The Labute approximate surface area is 96.2 Å². The maximum Gasteiger partial charge on any atom is 0.146 e. The highest BCUT2D eigenvalue weighted by Gasteiger charge is 2.17. The van der Waals surface area contributed by atoms with Gasteiger partial charge in [-0.1, -0.05) is 0 Å². The molecule has 1 rings (SSSR count). The Balaban J connectivity index is 3.06. The third-order valence-electron chi connectivity index (χ3n) is 2.10. The van der Waals surface area contributed by atoms with E-state index in [-0.39, 0.29) is 10.0 Å². The molecule has 0 aliphatic carbocycles. The summed E-state index contributed by atoms with van der Waals surface area (Å²) in [7, 11) is 1.45. The molecule has 0 amide bonds. The Hall–Kier alpha value is -0.650. The van der Waals surface area contributed by atoms with E-state index in [1.54, 1.807) is 6.07 Å². The Morgan fingerprint density at radius 1 is 1.60 bits per heavy atom. The van der Waals surface area contributed by atoms with E-state index in [9.17, 15) is 9.50 Å². The van der Waals surface area contributed by atoms with Crippen LogP contribution in [0.2, 0.25) is 0 Å². The first-order valence-electron chi connectivity index (χ1n) is 4.51. The number of aliphatic hydroxyl groups excluding tert-OH is 1. The summed E-state index contributed by atoms with van der Waals surface area (Å²) in [6, 6.07) is 3.10. The van der Waals surface area contributed by atoms with Gasteiger partial charge in [-0.2, -0.15) is 0 Å². The third-order valence-corrected chi connectivity index (χ3v) is 2.83. The summed E-state index contributed by atoms with van der Waals surface area (Å²) in [6.07, 6.45) is -0.549. The molecule has 0 aromatic heterocycles. The molecule has 3 N–H and O–H groups in total. The summed E-state index contributed by atoms with van der Waals surface area (Å²) < 4.78 is 18.8. The largest absolute Gasteiger partial charge is 0.495 e. The van der Waals surface area contributed by atoms with E-state index in [4.69, 9.17) is 10.5 Å². The standard InChI is InChI=1S/C10H13BrFNO2/c1-15-8-3-2-6(7(14)4-5-13)10(12)9(8)11/h2-3,7,14H,4-5,13H2,1H3. The van der Waals surface area contributed by atoms with Crippen molar-refractivity contribution in [3.8, 4) is 5.75 Å². The first-order valence-corrected chi connectivity index (χ1v) is 5.31. The molecule has 0 saturated heterocycles. The molecule has 0 aliphatic rings. The minimum atomic E-state index is -0.878. The van der Waals surface area contributed by atoms with Crippen molar-refractivity contribution in [1.29, 1.82) is 0 Å². The number of hydrogen-bond acceptors (Lipinski definition) is 3. The molecular weight excluding hydrogens is 265 g/mol. The van der Waals surface area contributed by atoms with Crippen LogP contribution < -0.4 is 10.5 Å². The van der Waals surface area contributed by atoms with Crippen LogP contribution in [0.3, 0.4) is 0 Å². The normalized spacial score (nSPS) is 12.6. The van der Waals surface area contributed by atoms with Crippen LogP contribution in [0.5, 0.6) is 5.75 Å². The van der Waals surface area contributed by atoms with Gasteiger partial charge in [0.25, 0.3) is 0 Å². The summed E-state index contributed by atoms with van der Waals surface area (Å²) in [6.45, 7) is 0.310. The highest BCUT2D eigenvalue weighted by atomic mass is 79.9. The molecule has 1 unspecified atom stereocenters. The van der Waals surface area contributed by atoms with E-state index < -0.39 is 11.9 Å². The Morgan fingerprint density at radius 3 is 2.80 bits per heavy atom. The molecule has 1 aromatic rings. The maximum absolute atomic E-state index is 13.7. The lowest BCUT2D eigenvalue weighted by Gasteiger charge is -2.13. The molecule has 1 aromatic carbocycles. The average molecular weight is 278 g/mol.